The van der Waals surface area contributed by atoms with E-state index in [1.807, 2.05) is 0 Å². The number of ether oxygens (including phenoxy) is 4. The minimum Gasteiger partial charge on any atom is -0.394 e. The predicted molar refractivity (Wildman–Crippen MR) is 103 cm³/mol. The molecule has 3 rings (SSSR count). The average molecular weight is 520 g/mol. The summed E-state index contributed by atoms with van der Waals surface area (Å²) in [6.45, 7) is -4.56. The van der Waals surface area contributed by atoms with Gasteiger partial charge < -0.3 is 85.3 Å². The zero-order chi connectivity index (χ0) is 26.5. The van der Waals surface area contributed by atoms with E-state index in [0.717, 1.165) is 0 Å². The molecule has 3 saturated heterocycles. The van der Waals surface area contributed by atoms with Crippen LogP contribution >= 0.6 is 0 Å². The molecule has 3 fully saturated rings. The quantitative estimate of drug-likeness (QED) is 0.141. The summed E-state index contributed by atoms with van der Waals surface area (Å²) < 4.78 is 21.1. The van der Waals surface area contributed by atoms with Gasteiger partial charge in [0, 0.05) is 0 Å². The van der Waals surface area contributed by atoms with E-state index in [1.165, 1.54) is 0 Å². The van der Waals surface area contributed by atoms with Gasteiger partial charge in [0.25, 0.3) is 0 Å². The summed E-state index contributed by atoms with van der Waals surface area (Å²) >= 11 is 0. The predicted octanol–water partition coefficient (Wildman–Crippen LogP) is -8.86. The fraction of sp³-hybridized carbons (Fsp3) is 1.00. The normalized spacial score (nSPS) is 53.7. The second-order valence-electron chi connectivity index (χ2n) is 8.80. The molecule has 17 heteroatoms. The van der Waals surface area contributed by atoms with E-state index >= 15 is 0 Å². The third-order valence-corrected chi connectivity index (χ3v) is 6.63. The summed E-state index contributed by atoms with van der Waals surface area (Å²) in [5.41, 5.74) is 0. The van der Waals surface area contributed by atoms with Crippen LogP contribution in [0.25, 0.3) is 0 Å². The molecule has 3 aliphatic heterocycles. The van der Waals surface area contributed by atoms with Crippen molar-refractivity contribution in [2.45, 2.75) is 84.5 Å². The Hall–Kier alpha value is -0.680. The van der Waals surface area contributed by atoms with Crippen LogP contribution in [0, 0.1) is 0 Å². The number of aliphatic hydroxyl groups is 13. The van der Waals surface area contributed by atoms with Gasteiger partial charge in [-0.15, -0.1) is 0 Å². The maximum Gasteiger partial charge on any atom is 0.230 e. The third kappa shape index (κ3) is 4.39. The van der Waals surface area contributed by atoms with Crippen molar-refractivity contribution in [1.29, 1.82) is 0 Å². The van der Waals surface area contributed by atoms with Gasteiger partial charge in [-0.05, 0) is 0 Å². The van der Waals surface area contributed by atoms with Crippen molar-refractivity contribution in [1.82, 2.24) is 0 Å². The van der Waals surface area contributed by atoms with Crippen molar-refractivity contribution in [2.75, 3.05) is 26.4 Å². The fourth-order valence-corrected chi connectivity index (χ4v) is 4.51. The molecule has 0 amide bonds. The number of hydrogen-bond acceptors (Lipinski definition) is 17. The van der Waals surface area contributed by atoms with Crippen LogP contribution in [0.4, 0.5) is 0 Å². The van der Waals surface area contributed by atoms with Gasteiger partial charge in [-0.25, -0.2) is 0 Å². The van der Waals surface area contributed by atoms with E-state index < -0.39 is 111 Å². The topological polar surface area (TPSA) is 300 Å². The molecule has 0 radical (unpaired) electrons. The van der Waals surface area contributed by atoms with Gasteiger partial charge in [0.1, 0.15) is 73.8 Å². The first-order valence-electron chi connectivity index (χ1n) is 10.6. The maximum atomic E-state index is 11.2. The number of rotatable bonds is 8. The van der Waals surface area contributed by atoms with E-state index in [4.69, 9.17) is 18.9 Å². The van der Waals surface area contributed by atoms with Gasteiger partial charge in [-0.3, -0.25) is 0 Å². The minimum atomic E-state index is -3.19. The molecule has 17 nitrogen and oxygen atoms in total. The van der Waals surface area contributed by atoms with E-state index in [9.17, 15) is 66.4 Å². The Bertz CT molecular complexity index is 727. The first-order chi connectivity index (χ1) is 16.3. The molecule has 3 aliphatic rings. The molecule has 0 saturated carbocycles. The first kappa shape index (κ1) is 28.9. The number of aliphatic hydroxyl groups excluding tert-OH is 12. The van der Waals surface area contributed by atoms with Crippen molar-refractivity contribution < 1.29 is 85.3 Å². The lowest BCUT2D eigenvalue weighted by molar-refractivity contribution is -0.459. The summed E-state index contributed by atoms with van der Waals surface area (Å²) in [6, 6.07) is 0. The highest BCUT2D eigenvalue weighted by Crippen LogP contribution is 2.45. The van der Waals surface area contributed by atoms with Gasteiger partial charge in [0.05, 0.1) is 19.8 Å². The lowest BCUT2D eigenvalue weighted by Crippen LogP contribution is -2.75. The van der Waals surface area contributed by atoms with Gasteiger partial charge in [0.15, 0.2) is 0 Å². The van der Waals surface area contributed by atoms with Crippen molar-refractivity contribution in [2.24, 2.45) is 0 Å². The van der Waals surface area contributed by atoms with Crippen LogP contribution in [0.2, 0.25) is 0 Å². The molecular weight excluding hydrogens is 488 g/mol. The fourth-order valence-electron chi connectivity index (χ4n) is 4.51. The zero-order valence-electron chi connectivity index (χ0n) is 18.1. The van der Waals surface area contributed by atoms with Crippen molar-refractivity contribution in [3.05, 3.63) is 0 Å². The second-order valence-corrected chi connectivity index (χ2v) is 8.80. The molecular formula is C18H32O17. The van der Waals surface area contributed by atoms with Crippen molar-refractivity contribution >= 4 is 0 Å². The molecule has 3 heterocycles. The van der Waals surface area contributed by atoms with Crippen LogP contribution in [0.5, 0.6) is 0 Å². The van der Waals surface area contributed by atoms with E-state index in [-0.39, 0.29) is 0 Å². The van der Waals surface area contributed by atoms with Crippen LogP contribution < -0.4 is 0 Å². The van der Waals surface area contributed by atoms with Gasteiger partial charge >= 0.3 is 0 Å². The Morgan fingerprint density at radius 2 is 1.23 bits per heavy atom. The maximum absolute atomic E-state index is 11.2. The molecule has 0 aromatic carbocycles. The Labute approximate surface area is 197 Å². The van der Waals surface area contributed by atoms with Crippen LogP contribution in [0.15, 0.2) is 0 Å². The molecule has 0 spiro atoms. The monoisotopic (exact) mass is 520 g/mol. The smallest absolute Gasteiger partial charge is 0.230 e. The molecule has 0 aromatic heterocycles. The van der Waals surface area contributed by atoms with Crippen LogP contribution in [0.1, 0.15) is 0 Å². The largest absolute Gasteiger partial charge is 0.394 e. The molecule has 0 aliphatic carbocycles. The second kappa shape index (κ2) is 10.2. The summed E-state index contributed by atoms with van der Waals surface area (Å²) in [4.78, 5) is 0. The Morgan fingerprint density at radius 3 is 1.69 bits per heavy atom. The Balaban J connectivity index is 2.10. The average Bonchev–Trinajstić information content (AvgIpc) is 3.24. The summed E-state index contributed by atoms with van der Waals surface area (Å²) in [5.74, 6) is -8.80. The first-order valence-corrected chi connectivity index (χ1v) is 10.6. The molecule has 14 atom stereocenters. The van der Waals surface area contributed by atoms with E-state index in [1.54, 1.807) is 0 Å². The molecule has 35 heavy (non-hydrogen) atoms. The molecule has 13 N–H and O–H groups in total. The van der Waals surface area contributed by atoms with Crippen LogP contribution in [-0.4, -0.2) is 177 Å². The molecule has 0 aromatic rings. The van der Waals surface area contributed by atoms with Crippen LogP contribution in [-0.2, 0) is 18.9 Å². The van der Waals surface area contributed by atoms with Gasteiger partial charge in [-0.1, -0.05) is 0 Å². The van der Waals surface area contributed by atoms with Crippen molar-refractivity contribution in [3.8, 4) is 0 Å². The van der Waals surface area contributed by atoms with Gasteiger partial charge in [-0.2, -0.15) is 0 Å². The van der Waals surface area contributed by atoms with E-state index in [0.29, 0.717) is 0 Å². The highest BCUT2D eigenvalue weighted by Gasteiger charge is 2.69. The highest BCUT2D eigenvalue weighted by molar-refractivity contribution is 5.10. The SMILES string of the molecule is OC[C@H]1OC(CO)(O[C@]2([C@@H](O)C3O[C@](O)(CO)[C@@H](O)[C@@H]3O)O[C@H](CO)[C@@H](O)[C@H](O)[C@H]2O)[C@@H](O)[C@@H]1O. The lowest BCUT2D eigenvalue weighted by Gasteiger charge is -2.53. The van der Waals surface area contributed by atoms with Gasteiger partial charge in [0.2, 0.25) is 17.4 Å². The summed E-state index contributed by atoms with van der Waals surface area (Å²) in [6.07, 6.45) is -23.4. The minimum absolute atomic E-state index is 0.900. The van der Waals surface area contributed by atoms with Crippen molar-refractivity contribution in [3.63, 3.8) is 0 Å². The Kier molecular flexibility index (Phi) is 8.45. The van der Waals surface area contributed by atoms with Crippen LogP contribution in [0.3, 0.4) is 0 Å². The summed E-state index contributed by atoms with van der Waals surface area (Å²) in [7, 11) is 0. The standard InChI is InChI=1S/C18H32O17/c19-1-5-7(23)9(25)14(29)18(33-5,15(30)11-10(26)12(27)16(31,3-21)34-11)35-17(4-22)13(28)8(24)6(2-20)32-17/h5-15,19-31H,1-4H2/t5-,6-,7-,8-,9+,10-,11?,12+,13+,14-,15+,16-,17?,18-/m1/s1. The summed E-state index contributed by atoms with van der Waals surface area (Å²) in [5, 5.41) is 132. The lowest BCUT2D eigenvalue weighted by atomic mass is 9.85. The third-order valence-electron chi connectivity index (χ3n) is 6.63. The molecule has 206 valence electrons. The molecule has 0 bridgehead atoms. The highest BCUT2D eigenvalue weighted by atomic mass is 16.8. The zero-order valence-corrected chi connectivity index (χ0v) is 18.1. The molecule has 2 unspecified atom stereocenters. The Morgan fingerprint density at radius 1 is 0.657 bits per heavy atom. The van der Waals surface area contributed by atoms with E-state index in [2.05, 4.69) is 0 Å². The number of hydrogen-bond donors (Lipinski definition) is 13.